The second-order valence-electron chi connectivity index (χ2n) is 3.44. The Morgan fingerprint density at radius 1 is 1.64 bits per heavy atom. The minimum atomic E-state index is -0.544. The average molecular weight is 159 g/mol. The van der Waals surface area contributed by atoms with E-state index in [1.807, 2.05) is 0 Å². The summed E-state index contributed by atoms with van der Waals surface area (Å²) in [5.41, 5.74) is 5.11. The van der Waals surface area contributed by atoms with Gasteiger partial charge in [-0.05, 0) is 0 Å². The van der Waals surface area contributed by atoms with E-state index in [1.54, 1.807) is 20.8 Å². The predicted octanol–water partition coefficient (Wildman–Crippen LogP) is 0.311. The van der Waals surface area contributed by atoms with Crippen molar-refractivity contribution in [2.24, 2.45) is 11.1 Å². The van der Waals surface area contributed by atoms with Gasteiger partial charge < -0.3 is 10.8 Å². The van der Waals surface area contributed by atoms with E-state index in [9.17, 15) is 4.79 Å². The van der Waals surface area contributed by atoms with E-state index in [0.717, 1.165) is 0 Å². The predicted molar refractivity (Wildman–Crippen MR) is 44.1 cm³/mol. The van der Waals surface area contributed by atoms with Gasteiger partial charge in [-0.3, -0.25) is 4.79 Å². The highest BCUT2D eigenvalue weighted by Crippen LogP contribution is 2.18. The second-order valence-corrected chi connectivity index (χ2v) is 3.44. The zero-order chi connectivity index (χ0) is 9.07. The fourth-order valence-electron chi connectivity index (χ4n) is 0.754. The molecule has 0 saturated carbocycles. The molecule has 0 aliphatic carbocycles. The van der Waals surface area contributed by atoms with Crippen molar-refractivity contribution < 1.29 is 9.90 Å². The summed E-state index contributed by atoms with van der Waals surface area (Å²) in [6, 6.07) is -0.544. The quantitative estimate of drug-likeness (QED) is 0.620. The molecule has 0 aliphatic heterocycles. The molecular formula is C8H17NO2. The average Bonchev–Trinajstić information content (AvgIpc) is 2.01. The summed E-state index contributed by atoms with van der Waals surface area (Å²) in [7, 11) is 0. The van der Waals surface area contributed by atoms with Gasteiger partial charge in [0.25, 0.3) is 0 Å². The first-order valence-electron chi connectivity index (χ1n) is 3.85. The van der Waals surface area contributed by atoms with Crippen LogP contribution in [0, 0.1) is 5.41 Å². The highest BCUT2D eigenvalue weighted by Gasteiger charge is 2.29. The Morgan fingerprint density at radius 3 is 2.36 bits per heavy atom. The Labute approximate surface area is 67.6 Å². The van der Waals surface area contributed by atoms with Crippen molar-refractivity contribution in [1.29, 1.82) is 0 Å². The van der Waals surface area contributed by atoms with Crippen LogP contribution in [0.4, 0.5) is 0 Å². The molecule has 11 heavy (non-hydrogen) atoms. The van der Waals surface area contributed by atoms with E-state index in [2.05, 4.69) is 0 Å². The Hall–Kier alpha value is -0.410. The number of aliphatic hydroxyl groups excluding tert-OH is 1. The van der Waals surface area contributed by atoms with Gasteiger partial charge in [0, 0.05) is 11.8 Å². The number of Topliss-reactive ketones (excluding diaryl/α,β-unsaturated/α-hetero) is 1. The fourth-order valence-corrected chi connectivity index (χ4v) is 0.754. The molecule has 0 rings (SSSR count). The molecule has 0 aromatic carbocycles. The first kappa shape index (κ1) is 10.6. The zero-order valence-electron chi connectivity index (χ0n) is 7.42. The first-order chi connectivity index (χ1) is 4.95. The van der Waals surface area contributed by atoms with Gasteiger partial charge in [-0.1, -0.05) is 20.8 Å². The zero-order valence-corrected chi connectivity index (χ0v) is 7.42. The van der Waals surface area contributed by atoms with Crippen LogP contribution in [0.5, 0.6) is 0 Å². The van der Waals surface area contributed by atoms with Gasteiger partial charge in [-0.25, -0.2) is 0 Å². The molecule has 0 aliphatic rings. The number of hydrogen-bond acceptors (Lipinski definition) is 3. The summed E-state index contributed by atoms with van der Waals surface area (Å²) in [4.78, 5) is 11.1. The van der Waals surface area contributed by atoms with Gasteiger partial charge >= 0.3 is 0 Å². The Balaban J connectivity index is 4.22. The SMILES string of the molecule is CCC(=O)C(N)C(C)(C)CO. The van der Waals surface area contributed by atoms with Crippen molar-refractivity contribution in [1.82, 2.24) is 0 Å². The maximum absolute atomic E-state index is 11.1. The molecule has 0 aromatic rings. The summed E-state index contributed by atoms with van der Waals surface area (Å²) in [6.07, 6.45) is 0.435. The molecule has 0 spiro atoms. The molecule has 1 atom stereocenters. The lowest BCUT2D eigenvalue weighted by molar-refractivity contribution is -0.123. The van der Waals surface area contributed by atoms with Gasteiger partial charge in [0.2, 0.25) is 0 Å². The number of carbonyl (C=O) groups excluding carboxylic acids is 1. The molecule has 0 saturated heterocycles. The fraction of sp³-hybridized carbons (Fsp3) is 0.875. The van der Waals surface area contributed by atoms with Gasteiger partial charge in [0.05, 0.1) is 12.6 Å². The second kappa shape index (κ2) is 3.83. The molecule has 0 bridgehead atoms. The summed E-state index contributed by atoms with van der Waals surface area (Å²) >= 11 is 0. The van der Waals surface area contributed by atoms with E-state index in [1.165, 1.54) is 0 Å². The molecule has 0 amide bonds. The molecule has 3 heteroatoms. The molecule has 0 radical (unpaired) electrons. The Morgan fingerprint density at radius 2 is 2.09 bits per heavy atom. The van der Waals surface area contributed by atoms with Crippen LogP contribution in [0.1, 0.15) is 27.2 Å². The van der Waals surface area contributed by atoms with Crippen LogP contribution in [0.2, 0.25) is 0 Å². The lowest BCUT2D eigenvalue weighted by Gasteiger charge is -2.27. The third-order valence-corrected chi connectivity index (χ3v) is 1.94. The lowest BCUT2D eigenvalue weighted by atomic mass is 9.83. The lowest BCUT2D eigenvalue weighted by Crippen LogP contribution is -2.45. The molecule has 66 valence electrons. The largest absolute Gasteiger partial charge is 0.396 e. The number of aliphatic hydroxyl groups is 1. The normalized spacial score (nSPS) is 14.6. The smallest absolute Gasteiger partial charge is 0.149 e. The first-order valence-corrected chi connectivity index (χ1v) is 3.85. The number of nitrogens with two attached hydrogens (primary N) is 1. The van der Waals surface area contributed by atoms with Crippen LogP contribution in [-0.2, 0) is 4.79 Å². The van der Waals surface area contributed by atoms with Gasteiger partial charge in [0.1, 0.15) is 5.78 Å². The number of rotatable bonds is 4. The van der Waals surface area contributed by atoms with Gasteiger partial charge in [0.15, 0.2) is 0 Å². The van der Waals surface area contributed by atoms with Crippen LogP contribution in [0.3, 0.4) is 0 Å². The maximum atomic E-state index is 11.1. The molecule has 0 heterocycles. The van der Waals surface area contributed by atoms with Crippen molar-refractivity contribution >= 4 is 5.78 Å². The van der Waals surface area contributed by atoms with Crippen LogP contribution < -0.4 is 5.73 Å². The van der Waals surface area contributed by atoms with Crippen molar-refractivity contribution in [3.05, 3.63) is 0 Å². The molecule has 0 fully saturated rings. The summed E-state index contributed by atoms with van der Waals surface area (Å²) in [5.74, 6) is 0.00375. The number of ketones is 1. The number of hydrogen-bond donors (Lipinski definition) is 2. The van der Waals surface area contributed by atoms with E-state index in [4.69, 9.17) is 10.8 Å². The molecular weight excluding hydrogens is 142 g/mol. The van der Waals surface area contributed by atoms with Crippen molar-refractivity contribution in [2.75, 3.05) is 6.61 Å². The summed E-state index contributed by atoms with van der Waals surface area (Å²) in [6.45, 7) is 5.28. The van der Waals surface area contributed by atoms with Crippen LogP contribution in [0.25, 0.3) is 0 Å². The Bertz CT molecular complexity index is 143. The van der Waals surface area contributed by atoms with Crippen LogP contribution in [0.15, 0.2) is 0 Å². The highest BCUT2D eigenvalue weighted by molar-refractivity contribution is 5.84. The van der Waals surface area contributed by atoms with E-state index in [0.29, 0.717) is 6.42 Å². The number of carbonyl (C=O) groups is 1. The Kier molecular flexibility index (Phi) is 3.69. The molecule has 3 nitrogen and oxygen atoms in total. The molecule has 0 aromatic heterocycles. The minimum Gasteiger partial charge on any atom is -0.396 e. The van der Waals surface area contributed by atoms with E-state index < -0.39 is 11.5 Å². The maximum Gasteiger partial charge on any atom is 0.149 e. The van der Waals surface area contributed by atoms with Crippen molar-refractivity contribution in [3.8, 4) is 0 Å². The van der Waals surface area contributed by atoms with E-state index in [-0.39, 0.29) is 12.4 Å². The van der Waals surface area contributed by atoms with Crippen LogP contribution in [-0.4, -0.2) is 23.5 Å². The van der Waals surface area contributed by atoms with E-state index >= 15 is 0 Å². The minimum absolute atomic E-state index is 0.00375. The van der Waals surface area contributed by atoms with Crippen molar-refractivity contribution in [3.63, 3.8) is 0 Å². The van der Waals surface area contributed by atoms with Crippen LogP contribution >= 0.6 is 0 Å². The third kappa shape index (κ3) is 2.60. The van der Waals surface area contributed by atoms with Gasteiger partial charge in [-0.15, -0.1) is 0 Å². The topological polar surface area (TPSA) is 63.3 Å². The highest BCUT2D eigenvalue weighted by atomic mass is 16.3. The monoisotopic (exact) mass is 159 g/mol. The molecule has 3 N–H and O–H groups in total. The standard InChI is InChI=1S/C8H17NO2/c1-4-6(11)7(9)8(2,3)5-10/h7,10H,4-5,9H2,1-3H3. The third-order valence-electron chi connectivity index (χ3n) is 1.94. The summed E-state index contributed by atoms with van der Waals surface area (Å²) < 4.78 is 0. The van der Waals surface area contributed by atoms with Crippen molar-refractivity contribution in [2.45, 2.75) is 33.2 Å². The van der Waals surface area contributed by atoms with Gasteiger partial charge in [-0.2, -0.15) is 0 Å². The molecule has 1 unspecified atom stereocenters. The summed E-state index contributed by atoms with van der Waals surface area (Å²) in [5, 5.41) is 8.88.